The van der Waals surface area contributed by atoms with Gasteiger partial charge in [-0.3, -0.25) is 14.4 Å². The van der Waals surface area contributed by atoms with Crippen LogP contribution in [-0.2, 0) is 14.3 Å². The number of esters is 1. The molecule has 26 heavy (non-hydrogen) atoms. The Hall–Kier alpha value is -3.00. The Labute approximate surface area is 151 Å². The van der Waals surface area contributed by atoms with Gasteiger partial charge in [-0.15, -0.1) is 11.3 Å². The minimum absolute atomic E-state index is 0.0255. The Morgan fingerprint density at radius 3 is 2.77 bits per heavy atom. The zero-order chi connectivity index (χ0) is 18.3. The molecule has 0 bridgehead atoms. The zero-order valence-corrected chi connectivity index (χ0v) is 14.6. The summed E-state index contributed by atoms with van der Waals surface area (Å²) in [4.78, 5) is 41.8. The number of nitrogens with zero attached hydrogens (tertiary/aromatic N) is 3. The highest BCUT2D eigenvalue weighted by Gasteiger charge is 2.38. The predicted molar refractivity (Wildman–Crippen MR) is 92.9 cm³/mol. The molecule has 0 saturated heterocycles. The van der Waals surface area contributed by atoms with Crippen molar-refractivity contribution in [1.82, 2.24) is 0 Å². The molecule has 1 aromatic heterocycles. The van der Waals surface area contributed by atoms with Gasteiger partial charge in [0.2, 0.25) is 0 Å². The van der Waals surface area contributed by atoms with E-state index in [-0.39, 0.29) is 18.9 Å². The second kappa shape index (κ2) is 6.38. The largest absolute Gasteiger partial charge is 0.465 e. The third-order valence-corrected chi connectivity index (χ3v) is 5.24. The van der Waals surface area contributed by atoms with E-state index in [4.69, 9.17) is 4.74 Å². The van der Waals surface area contributed by atoms with Crippen molar-refractivity contribution in [1.29, 1.82) is 0 Å². The molecule has 0 aliphatic carbocycles. The summed E-state index contributed by atoms with van der Waals surface area (Å²) in [5.74, 6) is -2.62. The maximum absolute atomic E-state index is 12.6. The number of thiophene rings is 1. The molecule has 7 nitrogen and oxygen atoms in total. The van der Waals surface area contributed by atoms with Crippen LogP contribution in [0.2, 0.25) is 0 Å². The van der Waals surface area contributed by atoms with E-state index in [0.717, 1.165) is 11.3 Å². The van der Waals surface area contributed by atoms with Crippen LogP contribution < -0.4 is 9.89 Å². The second-order valence-electron chi connectivity index (χ2n) is 5.70. The summed E-state index contributed by atoms with van der Waals surface area (Å²) in [6.45, 7) is 1.80. The molecule has 130 valence electrons. The molecule has 1 atom stereocenters. The highest BCUT2D eigenvalue weighted by atomic mass is 32.1. The lowest BCUT2D eigenvalue weighted by Gasteiger charge is -2.19. The van der Waals surface area contributed by atoms with Gasteiger partial charge in [-0.25, -0.2) is 4.99 Å². The first-order chi connectivity index (χ1) is 12.6. The zero-order valence-electron chi connectivity index (χ0n) is 13.8. The number of carbonyl (C=O) groups excluding carboxylic acids is 3. The molecular weight excluding hydrogens is 354 g/mol. The van der Waals surface area contributed by atoms with E-state index in [1.54, 1.807) is 19.1 Å². The van der Waals surface area contributed by atoms with Crippen LogP contribution in [0.5, 0.6) is 0 Å². The molecule has 0 N–H and O–H groups in total. The van der Waals surface area contributed by atoms with Gasteiger partial charge in [0, 0.05) is 5.22 Å². The Bertz CT molecular complexity index is 1090. The van der Waals surface area contributed by atoms with Crippen molar-refractivity contribution < 1.29 is 19.1 Å². The molecule has 0 spiro atoms. The summed E-state index contributed by atoms with van der Waals surface area (Å²) in [5.41, 5.74) is 1.53. The minimum Gasteiger partial charge on any atom is -0.465 e. The lowest BCUT2D eigenvalue weighted by molar-refractivity contribution is -0.148. The third kappa shape index (κ3) is 2.50. The summed E-state index contributed by atoms with van der Waals surface area (Å²) < 4.78 is 5.49. The van der Waals surface area contributed by atoms with Gasteiger partial charge < -0.3 is 4.74 Å². The topological polar surface area (TPSA) is 97.5 Å². The summed E-state index contributed by atoms with van der Waals surface area (Å²) in [6.07, 6.45) is 0. The van der Waals surface area contributed by atoms with E-state index < -0.39 is 17.8 Å². The van der Waals surface area contributed by atoms with Gasteiger partial charge in [0.15, 0.2) is 11.7 Å². The average Bonchev–Trinajstić information content (AvgIpc) is 3.01. The highest BCUT2D eigenvalue weighted by molar-refractivity contribution is 7.12. The predicted octanol–water partition coefficient (Wildman–Crippen LogP) is 1.57. The molecule has 1 aromatic carbocycles. The quantitative estimate of drug-likeness (QED) is 0.607. The van der Waals surface area contributed by atoms with E-state index in [1.807, 2.05) is 18.2 Å². The Balaban J connectivity index is 2.11. The molecule has 1 unspecified atom stereocenters. The number of amides is 1. The van der Waals surface area contributed by atoms with E-state index >= 15 is 0 Å². The fraction of sp³-hybridized carbons (Fsp3) is 0.222. The van der Waals surface area contributed by atoms with E-state index in [9.17, 15) is 14.4 Å². The van der Waals surface area contributed by atoms with Crippen molar-refractivity contribution in [2.24, 2.45) is 21.1 Å². The Morgan fingerprint density at radius 2 is 2.04 bits per heavy atom. The summed E-state index contributed by atoms with van der Waals surface area (Å²) in [7, 11) is 0. The molecule has 2 aromatic rings. The van der Waals surface area contributed by atoms with Crippen molar-refractivity contribution in [3.8, 4) is 0 Å². The molecule has 3 heterocycles. The van der Waals surface area contributed by atoms with Crippen LogP contribution in [0.1, 0.15) is 22.2 Å². The number of carbonyl (C=O) groups is 3. The van der Waals surface area contributed by atoms with Crippen molar-refractivity contribution in [2.75, 3.05) is 13.2 Å². The van der Waals surface area contributed by atoms with Crippen LogP contribution in [0.4, 0.5) is 5.69 Å². The van der Waals surface area contributed by atoms with Crippen LogP contribution in [-0.4, -0.2) is 30.8 Å². The molecule has 0 saturated carbocycles. The van der Waals surface area contributed by atoms with Crippen molar-refractivity contribution in [3.05, 3.63) is 50.7 Å². The third-order valence-electron chi connectivity index (χ3n) is 4.13. The van der Waals surface area contributed by atoms with Crippen molar-refractivity contribution in [3.63, 3.8) is 0 Å². The van der Waals surface area contributed by atoms with Gasteiger partial charge in [-0.2, -0.15) is 10.2 Å². The number of hydrogen-bond donors (Lipinski definition) is 0. The number of hydrogen-bond acceptors (Lipinski definition) is 7. The molecule has 2 aliphatic rings. The number of ketones is 1. The Morgan fingerprint density at radius 1 is 1.27 bits per heavy atom. The van der Waals surface area contributed by atoms with Crippen LogP contribution in [0.3, 0.4) is 0 Å². The van der Waals surface area contributed by atoms with Gasteiger partial charge in [0.05, 0.1) is 6.61 Å². The van der Waals surface area contributed by atoms with Gasteiger partial charge in [0.25, 0.3) is 5.91 Å². The molecule has 0 fully saturated rings. The van der Waals surface area contributed by atoms with Crippen LogP contribution in [0.15, 0.2) is 45.6 Å². The molecule has 0 radical (unpaired) electrons. The number of fused-ring (bicyclic) bond motifs is 3. The van der Waals surface area contributed by atoms with Gasteiger partial charge >= 0.3 is 5.97 Å². The maximum Gasteiger partial charge on any atom is 0.323 e. The van der Waals surface area contributed by atoms with E-state index in [1.165, 1.54) is 0 Å². The van der Waals surface area contributed by atoms with E-state index in [2.05, 4.69) is 15.2 Å². The normalized spacial score (nSPS) is 18.2. The van der Waals surface area contributed by atoms with Gasteiger partial charge in [0.1, 0.15) is 21.8 Å². The molecular formula is C18H13N3O4S. The first-order valence-corrected chi connectivity index (χ1v) is 8.85. The van der Waals surface area contributed by atoms with Gasteiger partial charge in [-0.1, -0.05) is 30.3 Å². The summed E-state index contributed by atoms with van der Waals surface area (Å²) in [6, 6.07) is 9.06. The number of benzene rings is 1. The van der Waals surface area contributed by atoms with Crippen molar-refractivity contribution in [2.45, 2.75) is 6.92 Å². The monoisotopic (exact) mass is 367 g/mol. The van der Waals surface area contributed by atoms with Gasteiger partial charge in [-0.05, 0) is 18.1 Å². The van der Waals surface area contributed by atoms with Crippen LogP contribution in [0.25, 0.3) is 5.57 Å². The molecule has 2 aliphatic heterocycles. The minimum atomic E-state index is -1.18. The molecule has 8 heteroatoms. The molecule has 4 rings (SSSR count). The first kappa shape index (κ1) is 16.5. The summed E-state index contributed by atoms with van der Waals surface area (Å²) in [5, 5.41) is 8.51. The maximum atomic E-state index is 12.6. The highest BCUT2D eigenvalue weighted by Crippen LogP contribution is 2.30. The Kier molecular flexibility index (Phi) is 4.04. The number of Topliss-reactive ketones (excluding diaryl/α,β-unsaturated/α-hetero) is 1. The lowest BCUT2D eigenvalue weighted by Crippen LogP contribution is -2.39. The first-order valence-electron chi connectivity index (χ1n) is 8.04. The lowest BCUT2D eigenvalue weighted by atomic mass is 9.88. The fourth-order valence-corrected chi connectivity index (χ4v) is 4.12. The van der Waals surface area contributed by atoms with E-state index in [0.29, 0.717) is 31.6 Å². The number of ether oxygens (including phenoxy) is 1. The SMILES string of the molecule is CCOC(=O)C1C(=O)N=c2sc3c(c2=C1c1ccccc1)N=NCC3=O. The van der Waals surface area contributed by atoms with Crippen LogP contribution in [0, 0.1) is 5.92 Å². The van der Waals surface area contributed by atoms with Crippen molar-refractivity contribution >= 4 is 40.3 Å². The number of rotatable bonds is 3. The fourth-order valence-electron chi connectivity index (χ4n) is 3.06. The average molecular weight is 367 g/mol. The van der Waals surface area contributed by atoms with Crippen LogP contribution >= 0.6 is 11.3 Å². The second-order valence-corrected chi connectivity index (χ2v) is 6.70. The summed E-state index contributed by atoms with van der Waals surface area (Å²) >= 11 is 1.11. The smallest absolute Gasteiger partial charge is 0.323 e. The number of azo groups is 1. The standard InChI is InChI=1S/C18H13N3O4S/c1-2-25-18(24)13-11(9-6-4-3-5-7-9)12-14-15(10(22)8-19-21-14)26-17(12)20-16(13)23/h3-7,13H,2,8H2,1H3. The molecule has 1 amide bonds.